The van der Waals surface area contributed by atoms with E-state index in [0.717, 1.165) is 5.56 Å². The molecule has 0 fully saturated rings. The highest BCUT2D eigenvalue weighted by atomic mass is 16.7. The number of benzene rings is 1. The lowest BCUT2D eigenvalue weighted by molar-refractivity contribution is -0.169. The van der Waals surface area contributed by atoms with E-state index in [1.807, 2.05) is 51.1 Å². The molecular formula is C18H27NO4. The van der Waals surface area contributed by atoms with Crippen LogP contribution < -0.4 is 0 Å². The fraction of sp³-hybridized carbons (Fsp3) is 0.556. The zero-order chi connectivity index (χ0) is 17.5. The van der Waals surface area contributed by atoms with E-state index >= 15 is 0 Å². The Labute approximate surface area is 138 Å². The molecule has 0 saturated carbocycles. The van der Waals surface area contributed by atoms with Gasteiger partial charge in [-0.1, -0.05) is 51.1 Å². The highest BCUT2D eigenvalue weighted by Gasteiger charge is 2.33. The van der Waals surface area contributed by atoms with E-state index in [0.29, 0.717) is 6.42 Å². The Morgan fingerprint density at radius 3 is 2.30 bits per heavy atom. The topological polar surface area (TPSA) is 55.8 Å². The number of hydroxylamine groups is 2. The number of hydrogen-bond donors (Lipinski definition) is 0. The zero-order valence-corrected chi connectivity index (χ0v) is 14.7. The molecule has 0 aliphatic carbocycles. The van der Waals surface area contributed by atoms with Crippen LogP contribution in [0, 0.1) is 11.3 Å². The van der Waals surface area contributed by atoms with Crippen molar-refractivity contribution in [3.63, 3.8) is 0 Å². The van der Waals surface area contributed by atoms with Crippen molar-refractivity contribution in [3.05, 3.63) is 35.9 Å². The summed E-state index contributed by atoms with van der Waals surface area (Å²) in [6, 6.07) is 9.56. The van der Waals surface area contributed by atoms with Gasteiger partial charge < -0.3 is 4.74 Å². The lowest BCUT2D eigenvalue weighted by atomic mass is 9.78. The Balaban J connectivity index is 2.63. The zero-order valence-electron chi connectivity index (χ0n) is 14.7. The molecule has 1 unspecified atom stereocenters. The lowest BCUT2D eigenvalue weighted by Crippen LogP contribution is -2.32. The van der Waals surface area contributed by atoms with Crippen molar-refractivity contribution in [2.75, 3.05) is 14.2 Å². The first-order chi connectivity index (χ1) is 10.8. The second-order valence-electron chi connectivity index (χ2n) is 6.62. The second-order valence-corrected chi connectivity index (χ2v) is 6.62. The minimum atomic E-state index is -0.347. The summed E-state index contributed by atoms with van der Waals surface area (Å²) in [5.74, 6) is -0.771. The predicted molar refractivity (Wildman–Crippen MR) is 88.2 cm³/mol. The Kier molecular flexibility index (Phi) is 7.23. The van der Waals surface area contributed by atoms with E-state index in [1.54, 1.807) is 7.05 Å². The van der Waals surface area contributed by atoms with Crippen LogP contribution in [0.2, 0.25) is 0 Å². The second kappa shape index (κ2) is 8.67. The van der Waals surface area contributed by atoms with Crippen LogP contribution in [0.4, 0.5) is 0 Å². The molecule has 0 N–H and O–H groups in total. The molecule has 0 saturated heterocycles. The van der Waals surface area contributed by atoms with Crippen molar-refractivity contribution in [1.29, 1.82) is 0 Å². The van der Waals surface area contributed by atoms with Crippen molar-refractivity contribution >= 4 is 11.9 Å². The Morgan fingerprint density at radius 1 is 1.17 bits per heavy atom. The summed E-state index contributed by atoms with van der Waals surface area (Å²) < 4.78 is 5.44. The maximum Gasteiger partial charge on any atom is 0.309 e. The van der Waals surface area contributed by atoms with Gasteiger partial charge in [-0.05, 0) is 17.4 Å². The third kappa shape index (κ3) is 6.40. The molecule has 128 valence electrons. The molecular weight excluding hydrogens is 294 g/mol. The van der Waals surface area contributed by atoms with E-state index < -0.39 is 0 Å². The monoisotopic (exact) mass is 321 g/mol. The van der Waals surface area contributed by atoms with Gasteiger partial charge in [-0.25, -0.2) is 5.06 Å². The summed E-state index contributed by atoms with van der Waals surface area (Å²) in [5, 5.41) is 1.18. The van der Waals surface area contributed by atoms with Crippen LogP contribution in [-0.4, -0.2) is 31.1 Å². The smallest absolute Gasteiger partial charge is 0.309 e. The molecule has 23 heavy (non-hydrogen) atoms. The Morgan fingerprint density at radius 2 is 1.78 bits per heavy atom. The van der Waals surface area contributed by atoms with Crippen LogP contribution in [0.25, 0.3) is 0 Å². The maximum absolute atomic E-state index is 12.4. The predicted octanol–water partition coefficient (Wildman–Crippen LogP) is 3.19. The van der Waals surface area contributed by atoms with Crippen molar-refractivity contribution in [2.24, 2.45) is 11.3 Å². The number of amides is 1. The summed E-state index contributed by atoms with van der Waals surface area (Å²) in [4.78, 5) is 29.2. The van der Waals surface area contributed by atoms with Crippen LogP contribution in [-0.2, 0) is 25.8 Å². The van der Waals surface area contributed by atoms with Gasteiger partial charge in [0.25, 0.3) is 0 Å². The van der Waals surface area contributed by atoms with E-state index in [-0.39, 0.29) is 36.2 Å². The van der Waals surface area contributed by atoms with Gasteiger partial charge in [0, 0.05) is 13.5 Å². The maximum atomic E-state index is 12.4. The molecule has 0 bridgehead atoms. The molecule has 5 nitrogen and oxygen atoms in total. The molecule has 0 heterocycles. The van der Waals surface area contributed by atoms with Crippen LogP contribution in [0.5, 0.6) is 0 Å². The molecule has 0 spiro atoms. The molecule has 1 aromatic rings. The minimum Gasteiger partial charge on any atom is -0.461 e. The lowest BCUT2D eigenvalue weighted by Gasteiger charge is -2.29. The standard InChI is InChI=1S/C18H27NO4/c1-18(2,3)15(11-12-16(20)19(4)22-5)17(21)23-13-14-9-7-6-8-10-14/h6-10,15H,11-13H2,1-5H3. The summed E-state index contributed by atoms with van der Waals surface area (Å²) in [6.45, 7) is 6.18. The average Bonchev–Trinajstić information content (AvgIpc) is 2.51. The van der Waals surface area contributed by atoms with Gasteiger partial charge >= 0.3 is 5.97 Å². The fourth-order valence-electron chi connectivity index (χ4n) is 2.26. The SMILES string of the molecule is CON(C)C(=O)CCC(C(=O)OCc1ccccc1)C(C)(C)C. The molecule has 1 atom stereocenters. The summed E-state index contributed by atoms with van der Waals surface area (Å²) in [6.07, 6.45) is 0.677. The molecule has 0 aliphatic heterocycles. The van der Waals surface area contributed by atoms with Gasteiger partial charge in [0.1, 0.15) is 6.61 Å². The third-order valence-electron chi connectivity index (χ3n) is 3.83. The summed E-state index contributed by atoms with van der Waals surface area (Å²) >= 11 is 0. The van der Waals surface area contributed by atoms with Crippen molar-refractivity contribution < 1.29 is 19.2 Å². The molecule has 0 aromatic heterocycles. The van der Waals surface area contributed by atoms with Gasteiger partial charge in [0.05, 0.1) is 13.0 Å². The number of carbonyl (C=O) groups is 2. The van der Waals surface area contributed by atoms with Gasteiger partial charge in [-0.3, -0.25) is 14.4 Å². The van der Waals surface area contributed by atoms with Crippen LogP contribution in [0.1, 0.15) is 39.2 Å². The molecule has 0 aliphatic rings. The number of hydrogen-bond acceptors (Lipinski definition) is 4. The first-order valence-electron chi connectivity index (χ1n) is 7.77. The quantitative estimate of drug-likeness (QED) is 0.572. The van der Waals surface area contributed by atoms with E-state index in [2.05, 4.69) is 0 Å². The molecule has 1 rings (SSSR count). The van der Waals surface area contributed by atoms with Crippen molar-refractivity contribution in [1.82, 2.24) is 5.06 Å². The fourth-order valence-corrected chi connectivity index (χ4v) is 2.26. The number of nitrogens with zero attached hydrogens (tertiary/aromatic N) is 1. The van der Waals surface area contributed by atoms with Gasteiger partial charge in [-0.2, -0.15) is 0 Å². The van der Waals surface area contributed by atoms with E-state index in [4.69, 9.17) is 9.57 Å². The summed E-state index contributed by atoms with van der Waals surface area (Å²) in [7, 11) is 3.00. The van der Waals surface area contributed by atoms with Gasteiger partial charge in [-0.15, -0.1) is 0 Å². The number of carbonyl (C=O) groups excluding carboxylic acids is 2. The Bertz CT molecular complexity index is 508. The largest absolute Gasteiger partial charge is 0.461 e. The van der Waals surface area contributed by atoms with Gasteiger partial charge in [0.15, 0.2) is 0 Å². The van der Waals surface area contributed by atoms with E-state index in [9.17, 15) is 9.59 Å². The highest BCUT2D eigenvalue weighted by molar-refractivity contribution is 5.77. The number of ether oxygens (including phenoxy) is 1. The summed E-state index contributed by atoms with van der Waals surface area (Å²) in [5.41, 5.74) is 0.670. The van der Waals surface area contributed by atoms with Crippen LogP contribution >= 0.6 is 0 Å². The minimum absolute atomic E-state index is 0.155. The number of rotatable bonds is 7. The molecule has 1 amide bonds. The van der Waals surface area contributed by atoms with Gasteiger partial charge in [0.2, 0.25) is 5.91 Å². The number of esters is 1. The molecule has 1 aromatic carbocycles. The molecule has 5 heteroatoms. The van der Waals surface area contributed by atoms with Crippen molar-refractivity contribution in [3.8, 4) is 0 Å². The first kappa shape index (κ1) is 19.2. The van der Waals surface area contributed by atoms with Crippen molar-refractivity contribution in [2.45, 2.75) is 40.2 Å². The molecule has 0 radical (unpaired) electrons. The van der Waals surface area contributed by atoms with Crippen LogP contribution in [0.15, 0.2) is 30.3 Å². The van der Waals surface area contributed by atoms with Crippen LogP contribution in [0.3, 0.4) is 0 Å². The normalized spacial score (nSPS) is 12.6. The average molecular weight is 321 g/mol. The first-order valence-corrected chi connectivity index (χ1v) is 7.77. The Hall–Kier alpha value is -1.88. The third-order valence-corrected chi connectivity index (χ3v) is 3.83. The van der Waals surface area contributed by atoms with E-state index in [1.165, 1.54) is 12.2 Å². The highest BCUT2D eigenvalue weighted by Crippen LogP contribution is 2.31.